The Morgan fingerprint density at radius 1 is 1.53 bits per heavy atom. The smallest absolute Gasteiger partial charge is 0.335 e. The van der Waals surface area contributed by atoms with Crippen LogP contribution < -0.4 is 5.56 Å². The maximum Gasteiger partial charge on any atom is 0.335 e. The first kappa shape index (κ1) is 14.2. The van der Waals surface area contributed by atoms with Gasteiger partial charge in [-0.3, -0.25) is 14.9 Å². The maximum absolute atomic E-state index is 11.7. The molecule has 0 unspecified atom stereocenters. The lowest BCUT2D eigenvalue weighted by atomic mass is 10.4. The normalized spacial score (nSPS) is 10.5. The molecular formula is C9H11BrN2O4S. The van der Waals surface area contributed by atoms with Crippen molar-refractivity contribution in [2.75, 3.05) is 19.0 Å². The zero-order valence-corrected chi connectivity index (χ0v) is 11.3. The number of ether oxygens (including phenoxy) is 1. The highest BCUT2D eigenvalue weighted by molar-refractivity contribution is 9.10. The molecule has 0 aliphatic carbocycles. The van der Waals surface area contributed by atoms with Crippen LogP contribution in [0.4, 0.5) is 5.69 Å². The van der Waals surface area contributed by atoms with Crippen LogP contribution in [-0.4, -0.2) is 28.5 Å². The summed E-state index contributed by atoms with van der Waals surface area (Å²) in [5.74, 6) is 0.591. The highest BCUT2D eigenvalue weighted by atomic mass is 79.9. The van der Waals surface area contributed by atoms with Crippen LogP contribution in [0.25, 0.3) is 0 Å². The van der Waals surface area contributed by atoms with Gasteiger partial charge in [-0.25, -0.2) is 0 Å². The van der Waals surface area contributed by atoms with Crippen molar-refractivity contribution in [3.8, 4) is 0 Å². The lowest BCUT2D eigenvalue weighted by molar-refractivity contribution is -0.386. The van der Waals surface area contributed by atoms with E-state index < -0.39 is 16.2 Å². The predicted octanol–water partition coefficient (Wildman–Crippen LogP) is 1.47. The van der Waals surface area contributed by atoms with Crippen molar-refractivity contribution in [1.29, 1.82) is 0 Å². The maximum atomic E-state index is 11.7. The largest absolute Gasteiger partial charge is 0.379 e. The zero-order valence-electron chi connectivity index (χ0n) is 8.84. The van der Waals surface area contributed by atoms with Gasteiger partial charge in [-0.05, 0) is 15.9 Å². The van der Waals surface area contributed by atoms with E-state index in [1.165, 1.54) is 16.8 Å². The molecule has 94 valence electrons. The first-order valence-electron chi connectivity index (χ1n) is 4.79. The second-order valence-corrected chi connectivity index (χ2v) is 4.50. The van der Waals surface area contributed by atoms with Gasteiger partial charge < -0.3 is 9.30 Å². The summed E-state index contributed by atoms with van der Waals surface area (Å²) in [5, 5.41) is 10.6. The summed E-state index contributed by atoms with van der Waals surface area (Å²) in [5.41, 5.74) is -1.08. The summed E-state index contributed by atoms with van der Waals surface area (Å²) in [6.07, 6.45) is 1.50. The van der Waals surface area contributed by atoms with Crippen LogP contribution in [0.1, 0.15) is 0 Å². The van der Waals surface area contributed by atoms with Gasteiger partial charge in [0.2, 0.25) is 0 Å². The third-order valence-corrected chi connectivity index (χ3v) is 2.56. The van der Waals surface area contributed by atoms with Gasteiger partial charge >= 0.3 is 11.2 Å². The Labute approximate surface area is 111 Å². The molecule has 1 aromatic heterocycles. The third-order valence-electron chi connectivity index (χ3n) is 1.94. The molecule has 0 fully saturated rings. The summed E-state index contributed by atoms with van der Waals surface area (Å²) in [7, 11) is 0. The van der Waals surface area contributed by atoms with E-state index in [0.29, 0.717) is 23.4 Å². The number of hydrogen-bond donors (Lipinski definition) is 1. The van der Waals surface area contributed by atoms with Crippen molar-refractivity contribution in [3.63, 3.8) is 0 Å². The molecule has 6 nitrogen and oxygen atoms in total. The monoisotopic (exact) mass is 322 g/mol. The number of aromatic nitrogens is 1. The lowest BCUT2D eigenvalue weighted by Gasteiger charge is -2.06. The van der Waals surface area contributed by atoms with Crippen LogP contribution in [-0.2, 0) is 11.3 Å². The second-order valence-electron chi connectivity index (χ2n) is 3.14. The minimum Gasteiger partial charge on any atom is -0.379 e. The molecule has 0 atom stereocenters. The van der Waals surface area contributed by atoms with Gasteiger partial charge in [0.1, 0.15) is 0 Å². The van der Waals surface area contributed by atoms with Crippen LogP contribution in [0, 0.1) is 10.1 Å². The highest BCUT2D eigenvalue weighted by Gasteiger charge is 2.15. The molecule has 0 saturated heterocycles. The lowest BCUT2D eigenvalue weighted by Crippen LogP contribution is -2.24. The predicted molar refractivity (Wildman–Crippen MR) is 69.7 cm³/mol. The first-order chi connectivity index (χ1) is 8.06. The number of rotatable bonds is 6. The standard InChI is InChI=1S/C9H11BrN2O4S/c10-7-5-8(12(14)15)9(13)11(6-7)1-2-16-3-4-17/h5-6,17H,1-4H2. The molecule has 0 bridgehead atoms. The van der Waals surface area contributed by atoms with Gasteiger partial charge in [0.05, 0.1) is 18.1 Å². The van der Waals surface area contributed by atoms with Crippen molar-refractivity contribution in [3.05, 3.63) is 37.2 Å². The van der Waals surface area contributed by atoms with Crippen molar-refractivity contribution in [1.82, 2.24) is 4.57 Å². The first-order valence-corrected chi connectivity index (χ1v) is 6.21. The summed E-state index contributed by atoms with van der Waals surface area (Å²) < 4.78 is 6.90. The van der Waals surface area contributed by atoms with Crippen LogP contribution >= 0.6 is 28.6 Å². The van der Waals surface area contributed by atoms with E-state index in [-0.39, 0.29) is 6.54 Å². The minimum absolute atomic E-state index is 0.271. The molecule has 8 heteroatoms. The quantitative estimate of drug-likeness (QED) is 0.372. The van der Waals surface area contributed by atoms with Crippen molar-refractivity contribution in [2.24, 2.45) is 0 Å². The molecular weight excluding hydrogens is 312 g/mol. The Hall–Kier alpha value is -0.860. The van der Waals surface area contributed by atoms with E-state index in [9.17, 15) is 14.9 Å². The average Bonchev–Trinajstić information content (AvgIpc) is 2.28. The molecule has 0 amide bonds. The number of hydrogen-bond acceptors (Lipinski definition) is 5. The van der Waals surface area contributed by atoms with E-state index >= 15 is 0 Å². The zero-order chi connectivity index (χ0) is 12.8. The SMILES string of the molecule is O=c1c([N+](=O)[O-])cc(Br)cn1CCOCCS. The Kier molecular flexibility index (Phi) is 5.66. The Morgan fingerprint density at radius 3 is 2.82 bits per heavy atom. The van der Waals surface area contributed by atoms with Crippen LogP contribution in [0.2, 0.25) is 0 Å². The molecule has 0 aromatic carbocycles. The summed E-state index contributed by atoms with van der Waals surface area (Å²) >= 11 is 7.09. The topological polar surface area (TPSA) is 74.4 Å². The van der Waals surface area contributed by atoms with Gasteiger partial charge in [0.15, 0.2) is 0 Å². The third kappa shape index (κ3) is 4.14. The van der Waals surface area contributed by atoms with E-state index in [1.54, 1.807) is 0 Å². The van der Waals surface area contributed by atoms with E-state index in [1.807, 2.05) is 0 Å². The fourth-order valence-electron chi connectivity index (χ4n) is 1.21. The van der Waals surface area contributed by atoms with E-state index in [4.69, 9.17) is 4.74 Å². The number of halogens is 1. The fourth-order valence-corrected chi connectivity index (χ4v) is 1.80. The molecule has 0 aliphatic rings. The van der Waals surface area contributed by atoms with Crippen molar-refractivity contribution < 1.29 is 9.66 Å². The van der Waals surface area contributed by atoms with Crippen LogP contribution in [0.15, 0.2) is 21.5 Å². The fraction of sp³-hybridized carbons (Fsp3) is 0.444. The molecule has 0 N–H and O–H groups in total. The number of nitro groups is 1. The van der Waals surface area contributed by atoms with Crippen molar-refractivity contribution >= 4 is 34.2 Å². The summed E-state index contributed by atoms with van der Waals surface area (Å²) in [6, 6.07) is 1.19. The van der Waals surface area contributed by atoms with Crippen molar-refractivity contribution in [2.45, 2.75) is 6.54 Å². The Morgan fingerprint density at radius 2 is 2.24 bits per heavy atom. The van der Waals surface area contributed by atoms with Gasteiger partial charge in [0, 0.05) is 29.0 Å². The summed E-state index contributed by atoms with van der Waals surface area (Å²) in [4.78, 5) is 21.6. The summed E-state index contributed by atoms with van der Waals surface area (Å²) in [6.45, 7) is 1.06. The second kappa shape index (κ2) is 6.77. The molecule has 0 spiro atoms. The Balaban J connectivity index is 2.85. The average molecular weight is 323 g/mol. The van der Waals surface area contributed by atoms with E-state index in [0.717, 1.165) is 0 Å². The number of thiol groups is 1. The van der Waals surface area contributed by atoms with Gasteiger partial charge in [-0.15, -0.1) is 0 Å². The minimum atomic E-state index is -0.696. The van der Waals surface area contributed by atoms with Crippen LogP contribution in [0.3, 0.4) is 0 Å². The van der Waals surface area contributed by atoms with E-state index in [2.05, 4.69) is 28.6 Å². The number of nitrogens with zero attached hydrogens (tertiary/aromatic N) is 2. The highest BCUT2D eigenvalue weighted by Crippen LogP contribution is 2.13. The van der Waals surface area contributed by atoms with Crippen LogP contribution in [0.5, 0.6) is 0 Å². The molecule has 1 heterocycles. The molecule has 0 saturated carbocycles. The molecule has 1 rings (SSSR count). The molecule has 0 aliphatic heterocycles. The number of pyridine rings is 1. The Bertz CT molecular complexity index is 463. The molecule has 1 aromatic rings. The van der Waals surface area contributed by atoms with Gasteiger partial charge in [-0.2, -0.15) is 12.6 Å². The van der Waals surface area contributed by atoms with Gasteiger partial charge in [0.25, 0.3) is 0 Å². The molecule has 17 heavy (non-hydrogen) atoms. The molecule has 0 radical (unpaired) electrons. The van der Waals surface area contributed by atoms with Gasteiger partial charge in [-0.1, -0.05) is 0 Å².